The molecule has 1 unspecified atom stereocenters. The summed E-state index contributed by atoms with van der Waals surface area (Å²) >= 11 is 1.41. The molecule has 0 bridgehead atoms. The first-order valence-corrected chi connectivity index (χ1v) is 11.4. The van der Waals surface area contributed by atoms with E-state index in [9.17, 15) is 22.0 Å². The molecule has 1 fully saturated rings. The third-order valence-electron chi connectivity index (χ3n) is 5.01. The predicted octanol–water partition coefficient (Wildman–Crippen LogP) is 3.28. The van der Waals surface area contributed by atoms with E-state index < -0.39 is 27.4 Å². The van der Waals surface area contributed by atoms with Crippen molar-refractivity contribution in [1.82, 2.24) is 8.87 Å². The Labute approximate surface area is 170 Å². The number of halogens is 2. The first kappa shape index (κ1) is 20.1. The number of aromatic nitrogens is 1. The third kappa shape index (κ3) is 3.72. The predicted molar refractivity (Wildman–Crippen MR) is 106 cm³/mol. The molecular weight excluding hydrogens is 422 g/mol. The Hall–Kier alpha value is -2.17. The first-order chi connectivity index (χ1) is 13.8. The van der Waals surface area contributed by atoms with Crippen LogP contribution in [-0.4, -0.2) is 36.1 Å². The maximum absolute atomic E-state index is 14.1. The molecule has 3 aromatic rings. The summed E-state index contributed by atoms with van der Waals surface area (Å²) in [4.78, 5) is 11.7. The average Bonchev–Trinajstić information content (AvgIpc) is 2.87. The lowest BCUT2D eigenvalue weighted by Gasteiger charge is -2.20. The summed E-state index contributed by atoms with van der Waals surface area (Å²) in [5.41, 5.74) is 0.952. The number of nitrogens with zero attached hydrogens (tertiary/aromatic N) is 2. The Balaban J connectivity index is 1.61. The van der Waals surface area contributed by atoms with Crippen LogP contribution in [0, 0.1) is 11.6 Å². The molecule has 0 aliphatic carbocycles. The van der Waals surface area contributed by atoms with Crippen LogP contribution in [0.2, 0.25) is 0 Å². The van der Waals surface area contributed by atoms with E-state index in [2.05, 4.69) is 0 Å². The van der Waals surface area contributed by atoms with Gasteiger partial charge in [-0.2, -0.15) is 16.1 Å². The Morgan fingerprint density at radius 1 is 1.14 bits per heavy atom. The highest BCUT2D eigenvalue weighted by Gasteiger charge is 2.30. The second-order valence-corrected chi connectivity index (χ2v) is 10.0. The second kappa shape index (κ2) is 7.58. The first-order valence-electron chi connectivity index (χ1n) is 8.93. The van der Waals surface area contributed by atoms with Gasteiger partial charge in [-0.3, -0.25) is 4.57 Å². The minimum atomic E-state index is -3.81. The van der Waals surface area contributed by atoms with Gasteiger partial charge in [0.1, 0.15) is 11.6 Å². The van der Waals surface area contributed by atoms with Gasteiger partial charge in [0.2, 0.25) is 10.0 Å². The van der Waals surface area contributed by atoms with Gasteiger partial charge in [0.25, 0.3) is 0 Å². The zero-order chi connectivity index (χ0) is 20.8. The number of sulfonamides is 1. The van der Waals surface area contributed by atoms with Crippen molar-refractivity contribution in [3.05, 3.63) is 64.1 Å². The molecule has 4 rings (SSSR count). The monoisotopic (exact) mass is 440 g/mol. The van der Waals surface area contributed by atoms with E-state index in [-0.39, 0.29) is 28.8 Å². The van der Waals surface area contributed by atoms with Gasteiger partial charge in [-0.25, -0.2) is 22.0 Å². The summed E-state index contributed by atoms with van der Waals surface area (Å²) in [7, 11) is -2.31. The lowest BCUT2D eigenvalue weighted by Crippen LogP contribution is -2.33. The van der Waals surface area contributed by atoms with Crippen LogP contribution in [-0.2, 0) is 17.1 Å². The largest absolute Gasteiger partial charge is 0.419 e. The number of oxazole rings is 1. The Morgan fingerprint density at radius 3 is 2.72 bits per heavy atom. The minimum Gasteiger partial charge on any atom is -0.408 e. The van der Waals surface area contributed by atoms with E-state index >= 15 is 0 Å². The quantitative estimate of drug-likeness (QED) is 0.625. The van der Waals surface area contributed by atoms with Gasteiger partial charge in [-0.1, -0.05) is 0 Å². The van der Waals surface area contributed by atoms with Gasteiger partial charge in [0.05, 0.1) is 10.4 Å². The number of hydrogen-bond acceptors (Lipinski definition) is 5. The van der Waals surface area contributed by atoms with Crippen LogP contribution < -0.4 is 5.76 Å². The Bertz CT molecular complexity index is 1240. The molecule has 1 aromatic heterocycles. The van der Waals surface area contributed by atoms with Gasteiger partial charge in [-0.15, -0.1) is 0 Å². The number of aryl methyl sites for hydroxylation is 1. The van der Waals surface area contributed by atoms with E-state index in [1.54, 1.807) is 0 Å². The van der Waals surface area contributed by atoms with Crippen LogP contribution in [0.5, 0.6) is 0 Å². The Kier molecular flexibility index (Phi) is 5.26. The van der Waals surface area contributed by atoms with Gasteiger partial charge < -0.3 is 4.42 Å². The van der Waals surface area contributed by atoms with Crippen molar-refractivity contribution in [1.29, 1.82) is 0 Å². The summed E-state index contributed by atoms with van der Waals surface area (Å²) < 4.78 is 61.6. The van der Waals surface area contributed by atoms with Crippen LogP contribution in [0.25, 0.3) is 11.1 Å². The zero-order valence-electron chi connectivity index (χ0n) is 15.5. The molecule has 1 aliphatic heterocycles. The van der Waals surface area contributed by atoms with Crippen LogP contribution in [0.1, 0.15) is 17.2 Å². The number of rotatable bonds is 3. The molecule has 154 valence electrons. The van der Waals surface area contributed by atoms with Crippen LogP contribution in [0.15, 0.2) is 50.5 Å². The lowest BCUT2D eigenvalue weighted by atomic mass is 10.1. The van der Waals surface area contributed by atoms with Crippen molar-refractivity contribution >= 4 is 32.9 Å². The van der Waals surface area contributed by atoms with E-state index in [1.807, 2.05) is 0 Å². The molecule has 1 atom stereocenters. The van der Waals surface area contributed by atoms with Crippen molar-refractivity contribution in [3.8, 4) is 0 Å². The lowest BCUT2D eigenvalue weighted by molar-refractivity contribution is 0.426. The molecule has 0 radical (unpaired) electrons. The summed E-state index contributed by atoms with van der Waals surface area (Å²) in [6, 6.07) is 7.61. The van der Waals surface area contributed by atoms with Gasteiger partial charge in [-0.05, 0) is 42.8 Å². The van der Waals surface area contributed by atoms with Gasteiger partial charge in [0.15, 0.2) is 5.58 Å². The minimum absolute atomic E-state index is 0.0572. The van der Waals surface area contributed by atoms with Crippen molar-refractivity contribution < 1.29 is 21.6 Å². The van der Waals surface area contributed by atoms with Crippen LogP contribution >= 0.6 is 11.8 Å². The average molecular weight is 440 g/mol. The molecule has 1 saturated heterocycles. The molecule has 0 N–H and O–H groups in total. The van der Waals surface area contributed by atoms with Crippen molar-refractivity contribution in [3.63, 3.8) is 0 Å². The van der Waals surface area contributed by atoms with Crippen LogP contribution in [0.3, 0.4) is 0 Å². The molecule has 10 heteroatoms. The molecule has 6 nitrogen and oxygen atoms in total. The van der Waals surface area contributed by atoms with Crippen molar-refractivity contribution in [2.24, 2.45) is 7.05 Å². The fourth-order valence-electron chi connectivity index (χ4n) is 3.42. The fourth-order valence-corrected chi connectivity index (χ4v) is 6.25. The SMILES string of the molecule is Cn1c(=O)oc2ccc(S(=O)(=O)N3CCSC(c4cc(F)ccc4F)CC3)cc21. The molecule has 1 aliphatic rings. The third-order valence-corrected chi connectivity index (χ3v) is 8.21. The van der Waals surface area contributed by atoms with E-state index in [4.69, 9.17) is 4.42 Å². The molecule has 0 saturated carbocycles. The van der Waals surface area contributed by atoms with Crippen LogP contribution in [0.4, 0.5) is 8.78 Å². The Morgan fingerprint density at radius 2 is 1.93 bits per heavy atom. The van der Waals surface area contributed by atoms with Crippen molar-refractivity contribution in [2.45, 2.75) is 16.6 Å². The molecular formula is C19H18F2N2O4S2. The molecule has 0 amide bonds. The molecule has 0 spiro atoms. The number of benzene rings is 2. The molecule has 2 heterocycles. The summed E-state index contributed by atoms with van der Waals surface area (Å²) in [5, 5.41) is -0.330. The normalized spacial score (nSPS) is 18.8. The van der Waals surface area contributed by atoms with Crippen molar-refractivity contribution in [2.75, 3.05) is 18.8 Å². The van der Waals surface area contributed by atoms with E-state index in [1.165, 1.54) is 51.9 Å². The maximum Gasteiger partial charge on any atom is 0.419 e. The topological polar surface area (TPSA) is 72.5 Å². The van der Waals surface area contributed by atoms with E-state index in [0.29, 0.717) is 23.3 Å². The highest BCUT2D eigenvalue weighted by molar-refractivity contribution is 7.99. The molecule has 29 heavy (non-hydrogen) atoms. The van der Waals surface area contributed by atoms with Gasteiger partial charge in [0, 0.05) is 36.7 Å². The number of thioether (sulfide) groups is 1. The highest BCUT2D eigenvalue weighted by atomic mass is 32.2. The summed E-state index contributed by atoms with van der Waals surface area (Å²) in [5.74, 6) is -1.13. The number of hydrogen-bond donors (Lipinski definition) is 0. The highest BCUT2D eigenvalue weighted by Crippen LogP contribution is 2.37. The summed E-state index contributed by atoms with van der Waals surface area (Å²) in [6.45, 7) is 0.432. The fraction of sp³-hybridized carbons (Fsp3) is 0.316. The zero-order valence-corrected chi connectivity index (χ0v) is 17.1. The second-order valence-electron chi connectivity index (χ2n) is 6.77. The smallest absolute Gasteiger partial charge is 0.408 e. The summed E-state index contributed by atoms with van der Waals surface area (Å²) in [6.07, 6.45) is 0.358. The number of fused-ring (bicyclic) bond motifs is 1. The molecule has 2 aromatic carbocycles. The van der Waals surface area contributed by atoms with Gasteiger partial charge >= 0.3 is 5.76 Å². The maximum atomic E-state index is 14.1. The standard InChI is InChI=1S/C19H18F2N2O4S2/c1-22-16-11-13(3-5-17(16)27-19(22)24)29(25,26)23-7-6-18(28-9-8-23)14-10-12(20)2-4-15(14)21/h2-5,10-11,18H,6-9H2,1H3. The van der Waals surface area contributed by atoms with E-state index in [0.717, 1.165) is 12.1 Å².